The van der Waals surface area contributed by atoms with Gasteiger partial charge in [0.25, 0.3) is 0 Å². The third-order valence-electron chi connectivity index (χ3n) is 4.13. The van der Waals surface area contributed by atoms with Crippen LogP contribution in [-0.4, -0.2) is 35.4 Å². The van der Waals surface area contributed by atoms with Gasteiger partial charge in [-0.05, 0) is 32.0 Å². The molecule has 1 saturated carbocycles. The van der Waals surface area contributed by atoms with E-state index in [0.717, 1.165) is 10.2 Å². The number of hydrogen-bond donors (Lipinski definition) is 1. The summed E-state index contributed by atoms with van der Waals surface area (Å²) in [6.45, 7) is 0.445. The molecule has 2 aromatic rings. The Kier molecular flexibility index (Phi) is 4.51. The predicted molar refractivity (Wildman–Crippen MR) is 87.8 cm³/mol. The van der Waals surface area contributed by atoms with Gasteiger partial charge in [-0.2, -0.15) is 0 Å². The van der Waals surface area contributed by atoms with Crippen LogP contribution in [-0.2, 0) is 4.79 Å². The van der Waals surface area contributed by atoms with E-state index in [-0.39, 0.29) is 5.91 Å². The molecule has 0 saturated heterocycles. The van der Waals surface area contributed by atoms with E-state index in [1.807, 2.05) is 31.3 Å². The van der Waals surface area contributed by atoms with E-state index in [4.69, 9.17) is 0 Å². The van der Waals surface area contributed by atoms with Crippen LogP contribution in [0, 0.1) is 0 Å². The zero-order valence-corrected chi connectivity index (χ0v) is 13.2. The van der Waals surface area contributed by atoms with Gasteiger partial charge in [0, 0.05) is 6.04 Å². The van der Waals surface area contributed by atoms with E-state index in [2.05, 4.69) is 15.2 Å². The van der Waals surface area contributed by atoms with Gasteiger partial charge < -0.3 is 5.32 Å². The van der Waals surface area contributed by atoms with Crippen LogP contribution in [0.1, 0.15) is 32.1 Å². The van der Waals surface area contributed by atoms with E-state index in [1.54, 1.807) is 0 Å². The van der Waals surface area contributed by atoms with E-state index in [0.29, 0.717) is 17.7 Å². The third kappa shape index (κ3) is 3.60. The van der Waals surface area contributed by atoms with Gasteiger partial charge in [-0.15, -0.1) is 0 Å². The summed E-state index contributed by atoms with van der Waals surface area (Å²) in [6.07, 6.45) is 6.33. The van der Waals surface area contributed by atoms with Gasteiger partial charge in [-0.25, -0.2) is 4.98 Å². The first-order valence-corrected chi connectivity index (χ1v) is 8.40. The Balaban J connectivity index is 1.58. The third-order valence-corrected chi connectivity index (χ3v) is 5.08. The number of amides is 1. The normalized spacial score (nSPS) is 16.5. The highest BCUT2D eigenvalue weighted by atomic mass is 32.1. The number of benzene rings is 1. The predicted octanol–water partition coefficient (Wildman–Crippen LogP) is 3.50. The Bertz CT molecular complexity index is 586. The number of likely N-dealkylation sites (N-methyl/N-ethyl adjacent to an activating group) is 1. The maximum absolute atomic E-state index is 12.2. The molecule has 112 valence electrons. The summed E-state index contributed by atoms with van der Waals surface area (Å²) in [6, 6.07) is 8.50. The topological polar surface area (TPSA) is 45.2 Å². The first-order valence-electron chi connectivity index (χ1n) is 7.58. The molecule has 1 aliphatic carbocycles. The molecule has 0 spiro atoms. The van der Waals surface area contributed by atoms with Crippen molar-refractivity contribution in [2.24, 2.45) is 0 Å². The summed E-state index contributed by atoms with van der Waals surface area (Å²) in [5.74, 6) is 0.0297. The number of anilines is 1. The maximum atomic E-state index is 12.2. The van der Waals surface area contributed by atoms with E-state index in [1.165, 1.54) is 43.4 Å². The summed E-state index contributed by atoms with van der Waals surface area (Å²) in [7, 11) is 2.05. The van der Waals surface area contributed by atoms with Gasteiger partial charge in [-0.3, -0.25) is 9.69 Å². The Hall–Kier alpha value is -1.46. The highest BCUT2D eigenvalue weighted by Gasteiger charge is 2.20. The highest BCUT2D eigenvalue weighted by Crippen LogP contribution is 2.25. The maximum Gasteiger partial charge on any atom is 0.240 e. The second kappa shape index (κ2) is 6.54. The van der Waals surface area contributed by atoms with Crippen molar-refractivity contribution in [3.8, 4) is 0 Å². The highest BCUT2D eigenvalue weighted by molar-refractivity contribution is 7.22. The van der Waals surface area contributed by atoms with E-state index in [9.17, 15) is 4.79 Å². The molecule has 4 nitrogen and oxygen atoms in total. The van der Waals surface area contributed by atoms with Crippen LogP contribution in [0.3, 0.4) is 0 Å². The van der Waals surface area contributed by atoms with Crippen molar-refractivity contribution in [1.29, 1.82) is 0 Å². The molecule has 1 amide bonds. The lowest BCUT2D eigenvalue weighted by atomic mass is 9.94. The molecule has 1 aromatic heterocycles. The second-order valence-corrected chi connectivity index (χ2v) is 6.77. The fourth-order valence-electron chi connectivity index (χ4n) is 2.96. The van der Waals surface area contributed by atoms with Crippen LogP contribution in [0.15, 0.2) is 24.3 Å². The van der Waals surface area contributed by atoms with Gasteiger partial charge in [-0.1, -0.05) is 42.7 Å². The second-order valence-electron chi connectivity index (χ2n) is 5.74. The largest absolute Gasteiger partial charge is 0.301 e. The van der Waals surface area contributed by atoms with Gasteiger partial charge >= 0.3 is 0 Å². The van der Waals surface area contributed by atoms with Gasteiger partial charge in [0.1, 0.15) is 0 Å². The summed E-state index contributed by atoms with van der Waals surface area (Å²) < 4.78 is 1.11. The number of thiazole rings is 1. The molecule has 1 N–H and O–H groups in total. The van der Waals surface area contributed by atoms with Gasteiger partial charge in [0.15, 0.2) is 5.13 Å². The molecule has 1 fully saturated rings. The molecular weight excluding hydrogens is 282 g/mol. The number of nitrogens with zero attached hydrogens (tertiary/aromatic N) is 2. The Morgan fingerprint density at radius 1 is 1.33 bits per heavy atom. The molecule has 0 unspecified atom stereocenters. The summed E-state index contributed by atoms with van der Waals surface area (Å²) >= 11 is 1.53. The number of rotatable bonds is 4. The zero-order valence-electron chi connectivity index (χ0n) is 12.3. The Morgan fingerprint density at radius 3 is 2.86 bits per heavy atom. The van der Waals surface area contributed by atoms with E-state index < -0.39 is 0 Å². The molecule has 1 aliphatic rings. The molecule has 1 heterocycles. The average molecular weight is 303 g/mol. The molecule has 5 heteroatoms. The smallest absolute Gasteiger partial charge is 0.240 e. The van der Waals surface area contributed by atoms with Crippen molar-refractivity contribution in [2.45, 2.75) is 38.1 Å². The lowest BCUT2D eigenvalue weighted by Crippen LogP contribution is -2.39. The first-order chi connectivity index (χ1) is 10.2. The van der Waals surface area contributed by atoms with Crippen molar-refractivity contribution in [1.82, 2.24) is 9.88 Å². The molecule has 21 heavy (non-hydrogen) atoms. The van der Waals surface area contributed by atoms with Crippen LogP contribution < -0.4 is 5.32 Å². The minimum atomic E-state index is 0.0297. The summed E-state index contributed by atoms with van der Waals surface area (Å²) in [5, 5.41) is 3.62. The monoisotopic (exact) mass is 303 g/mol. The molecule has 0 aliphatic heterocycles. The number of carbonyl (C=O) groups is 1. The number of carbonyl (C=O) groups excluding carboxylic acids is 1. The van der Waals surface area contributed by atoms with Gasteiger partial charge in [0.05, 0.1) is 16.8 Å². The fourth-order valence-corrected chi connectivity index (χ4v) is 3.84. The van der Waals surface area contributed by atoms with E-state index >= 15 is 0 Å². The first kappa shape index (κ1) is 14.5. The minimum Gasteiger partial charge on any atom is -0.301 e. The molecule has 0 bridgehead atoms. The Labute approximate surface area is 129 Å². The fraction of sp³-hybridized carbons (Fsp3) is 0.500. The van der Waals surface area contributed by atoms with Crippen molar-refractivity contribution in [2.75, 3.05) is 18.9 Å². The Morgan fingerprint density at radius 2 is 2.10 bits per heavy atom. The standard InChI is InChI=1S/C16H21N3OS/c1-19(12-7-3-2-4-8-12)11-15(20)18-16-17-13-9-5-6-10-14(13)21-16/h5-6,9-10,12H,2-4,7-8,11H2,1H3,(H,17,18,20). The van der Waals surface area contributed by atoms with Crippen LogP contribution in [0.2, 0.25) is 0 Å². The van der Waals surface area contributed by atoms with Crippen molar-refractivity contribution >= 4 is 32.6 Å². The summed E-state index contributed by atoms with van der Waals surface area (Å²) in [5.41, 5.74) is 0.943. The van der Waals surface area contributed by atoms with Crippen molar-refractivity contribution in [3.05, 3.63) is 24.3 Å². The lowest BCUT2D eigenvalue weighted by Gasteiger charge is -2.30. The van der Waals surface area contributed by atoms with Crippen LogP contribution in [0.4, 0.5) is 5.13 Å². The number of aromatic nitrogens is 1. The lowest BCUT2D eigenvalue weighted by molar-refractivity contribution is -0.117. The molecular formula is C16H21N3OS. The average Bonchev–Trinajstić information content (AvgIpc) is 2.90. The number of nitrogens with one attached hydrogen (secondary N) is 1. The quantitative estimate of drug-likeness (QED) is 0.940. The number of fused-ring (bicyclic) bond motifs is 1. The molecule has 3 rings (SSSR count). The van der Waals surface area contributed by atoms with Crippen LogP contribution in [0.25, 0.3) is 10.2 Å². The number of para-hydroxylation sites is 1. The zero-order chi connectivity index (χ0) is 14.7. The van der Waals surface area contributed by atoms with Gasteiger partial charge in [0.2, 0.25) is 5.91 Å². The summed E-state index contributed by atoms with van der Waals surface area (Å²) in [4.78, 5) is 18.8. The van der Waals surface area contributed by atoms with Crippen molar-refractivity contribution < 1.29 is 4.79 Å². The molecule has 0 atom stereocenters. The minimum absolute atomic E-state index is 0.0297. The number of hydrogen-bond acceptors (Lipinski definition) is 4. The van der Waals surface area contributed by atoms with Crippen LogP contribution >= 0.6 is 11.3 Å². The van der Waals surface area contributed by atoms with Crippen LogP contribution in [0.5, 0.6) is 0 Å². The van der Waals surface area contributed by atoms with Crippen molar-refractivity contribution in [3.63, 3.8) is 0 Å². The molecule has 0 radical (unpaired) electrons. The SMILES string of the molecule is CN(CC(=O)Nc1nc2ccccc2s1)C1CCCCC1. The molecule has 1 aromatic carbocycles.